The van der Waals surface area contributed by atoms with E-state index >= 15 is 0 Å². The zero-order valence-corrected chi connectivity index (χ0v) is 19.7. The quantitative estimate of drug-likeness (QED) is 0.236. The van der Waals surface area contributed by atoms with E-state index in [1.807, 2.05) is 0 Å². The number of unbranched alkanes of at least 4 members (excludes halogenated alkanes) is 10. The maximum Gasteiger partial charge on any atom is 1.00 e. The molecule has 0 aromatic rings. The van der Waals surface area contributed by atoms with Gasteiger partial charge in [-0.05, 0) is 26.2 Å². The third-order valence-electron chi connectivity index (χ3n) is 4.78. The van der Waals surface area contributed by atoms with E-state index in [1.54, 1.807) is 0 Å². The predicted octanol–water partition coefficient (Wildman–Crippen LogP) is 2.16. The van der Waals surface area contributed by atoms with Crippen molar-refractivity contribution in [2.45, 2.75) is 122 Å². The molecule has 0 aromatic carbocycles. The maximum atomic E-state index is 10.8. The summed E-state index contributed by atoms with van der Waals surface area (Å²) in [5.41, 5.74) is 0. The van der Waals surface area contributed by atoms with Crippen LogP contribution in [0, 0.1) is 0 Å². The van der Waals surface area contributed by atoms with Crippen LogP contribution in [0.1, 0.15) is 110 Å². The van der Waals surface area contributed by atoms with Crippen molar-refractivity contribution in [1.82, 2.24) is 0 Å². The number of aliphatic hydroxyl groups excluding tert-OH is 1. The van der Waals surface area contributed by atoms with Crippen molar-refractivity contribution < 1.29 is 47.6 Å². The summed E-state index contributed by atoms with van der Waals surface area (Å²) < 4.78 is 32.3. The minimum absolute atomic E-state index is 0. The molecule has 0 amide bonds. The van der Waals surface area contributed by atoms with Crippen LogP contribution >= 0.6 is 0 Å². The Morgan fingerprint density at radius 2 is 1.12 bits per heavy atom. The summed E-state index contributed by atoms with van der Waals surface area (Å²) in [7, 11) is -4.12. The van der Waals surface area contributed by atoms with Crippen LogP contribution < -0.4 is 29.6 Å². The van der Waals surface area contributed by atoms with Gasteiger partial charge in [0.05, 0.1) is 16.2 Å². The van der Waals surface area contributed by atoms with E-state index in [9.17, 15) is 18.1 Å². The van der Waals surface area contributed by atoms with Gasteiger partial charge in [0.2, 0.25) is 0 Å². The number of hydrogen-bond donors (Lipinski definition) is 1. The molecule has 0 bridgehead atoms. The van der Waals surface area contributed by atoms with Gasteiger partial charge in [0.1, 0.15) is 0 Å². The summed E-state index contributed by atoms with van der Waals surface area (Å²) in [6.45, 7) is 3.72. The molecule has 0 radical (unpaired) electrons. The van der Waals surface area contributed by atoms with Crippen molar-refractivity contribution in [3.63, 3.8) is 0 Å². The Hall–Kier alpha value is 0.870. The Kier molecular flexibility index (Phi) is 20.5. The van der Waals surface area contributed by atoms with Crippen molar-refractivity contribution in [1.29, 1.82) is 0 Å². The van der Waals surface area contributed by atoms with Gasteiger partial charge in [-0.3, -0.25) is 0 Å². The van der Waals surface area contributed by atoms with E-state index < -0.39 is 15.4 Å². The molecule has 0 aliphatic heterocycles. The molecule has 2 unspecified atom stereocenters. The first-order valence-electron chi connectivity index (χ1n) is 10.0. The van der Waals surface area contributed by atoms with E-state index in [0.717, 1.165) is 44.9 Å². The van der Waals surface area contributed by atoms with Crippen LogP contribution in [0.25, 0.3) is 0 Å². The summed E-state index contributed by atoms with van der Waals surface area (Å²) in [6, 6.07) is 0. The van der Waals surface area contributed by atoms with E-state index in [-0.39, 0.29) is 35.7 Å². The molecule has 0 spiro atoms. The molecule has 0 saturated carbocycles. The smallest absolute Gasteiger partial charge is 0.748 e. The molecule has 2 atom stereocenters. The largest absolute Gasteiger partial charge is 1.00 e. The van der Waals surface area contributed by atoms with Crippen molar-refractivity contribution in [3.05, 3.63) is 0 Å². The third-order valence-corrected chi connectivity index (χ3v) is 6.00. The summed E-state index contributed by atoms with van der Waals surface area (Å²) >= 11 is 0. The van der Waals surface area contributed by atoms with Crippen LogP contribution in [-0.4, -0.2) is 29.4 Å². The second-order valence-electron chi connectivity index (χ2n) is 7.21. The number of rotatable bonds is 17. The average Bonchev–Trinajstić information content (AvgIpc) is 2.52. The van der Waals surface area contributed by atoms with E-state index in [4.69, 9.17) is 0 Å². The van der Waals surface area contributed by atoms with Crippen LogP contribution in [0.15, 0.2) is 0 Å². The van der Waals surface area contributed by atoms with Gasteiger partial charge in [-0.2, -0.15) is 0 Å². The molecular formula is C19H39NaO4S. The van der Waals surface area contributed by atoms with Gasteiger partial charge >= 0.3 is 29.6 Å². The fourth-order valence-electron chi connectivity index (χ4n) is 2.97. The van der Waals surface area contributed by atoms with Crippen LogP contribution in [0.2, 0.25) is 0 Å². The molecular weight excluding hydrogens is 347 g/mol. The molecule has 1 N–H and O–H groups in total. The number of hydrogen-bond acceptors (Lipinski definition) is 4. The van der Waals surface area contributed by atoms with E-state index in [2.05, 4.69) is 6.92 Å². The summed E-state index contributed by atoms with van der Waals surface area (Å²) in [5, 5.41) is 9.18. The van der Waals surface area contributed by atoms with Gasteiger partial charge in [-0.15, -0.1) is 0 Å². The van der Waals surface area contributed by atoms with Crippen molar-refractivity contribution in [2.75, 3.05) is 0 Å². The van der Waals surface area contributed by atoms with Crippen molar-refractivity contribution in [2.24, 2.45) is 0 Å². The van der Waals surface area contributed by atoms with Gasteiger partial charge in [-0.25, -0.2) is 8.42 Å². The molecule has 146 valence electrons. The fraction of sp³-hybridized carbons (Fsp3) is 1.00. The first-order chi connectivity index (χ1) is 11.4. The Morgan fingerprint density at radius 3 is 1.52 bits per heavy atom. The van der Waals surface area contributed by atoms with Gasteiger partial charge in [0.25, 0.3) is 0 Å². The Balaban J connectivity index is 0. The van der Waals surface area contributed by atoms with Crippen LogP contribution in [0.3, 0.4) is 0 Å². The Bertz CT molecular complexity index is 374. The first-order valence-corrected chi connectivity index (χ1v) is 11.5. The first kappa shape index (κ1) is 28.1. The number of aliphatic hydroxyl groups is 1. The molecule has 6 heteroatoms. The van der Waals surface area contributed by atoms with Gasteiger partial charge < -0.3 is 9.66 Å². The normalized spacial score (nSPS) is 14.1. The molecule has 0 aliphatic carbocycles. The average molecular weight is 387 g/mol. The van der Waals surface area contributed by atoms with Crippen LogP contribution in [-0.2, 0) is 10.1 Å². The molecule has 25 heavy (non-hydrogen) atoms. The Labute approximate surface area is 178 Å². The van der Waals surface area contributed by atoms with Gasteiger partial charge in [-0.1, -0.05) is 84.0 Å². The standard InChI is InChI=1S/C19H40O4S.Na/c1-3-4-5-6-7-8-9-13-16-19(20)17-14-11-10-12-15-18(2)24(21,22)23;/h18-20H,3-17H2,1-2H3,(H,21,22,23);/q;+1/p-1. The summed E-state index contributed by atoms with van der Waals surface area (Å²) in [6.07, 6.45) is 16.0. The van der Waals surface area contributed by atoms with Crippen LogP contribution in [0.4, 0.5) is 0 Å². The molecule has 0 heterocycles. The van der Waals surface area contributed by atoms with Crippen molar-refractivity contribution in [3.8, 4) is 0 Å². The predicted molar refractivity (Wildman–Crippen MR) is 100 cm³/mol. The minimum Gasteiger partial charge on any atom is -0.748 e. The molecule has 0 aromatic heterocycles. The molecule has 0 fully saturated rings. The summed E-state index contributed by atoms with van der Waals surface area (Å²) in [4.78, 5) is 0. The molecule has 0 aliphatic rings. The van der Waals surface area contributed by atoms with Gasteiger partial charge in [0.15, 0.2) is 0 Å². The monoisotopic (exact) mass is 386 g/mol. The Morgan fingerprint density at radius 1 is 0.760 bits per heavy atom. The second-order valence-corrected chi connectivity index (χ2v) is 9.00. The minimum atomic E-state index is -4.12. The second kappa shape index (κ2) is 18.2. The SMILES string of the molecule is CCCCCCCCCCC(O)CCCCCCC(C)S(=O)(=O)[O-].[Na+]. The third kappa shape index (κ3) is 19.4. The van der Waals surface area contributed by atoms with E-state index in [0.29, 0.717) is 6.42 Å². The fourth-order valence-corrected chi connectivity index (χ4v) is 3.42. The van der Waals surface area contributed by atoms with Crippen LogP contribution in [0.5, 0.6) is 0 Å². The van der Waals surface area contributed by atoms with Gasteiger partial charge in [0, 0.05) is 5.25 Å². The topological polar surface area (TPSA) is 77.4 Å². The van der Waals surface area contributed by atoms with E-state index in [1.165, 1.54) is 51.9 Å². The zero-order valence-electron chi connectivity index (χ0n) is 16.8. The maximum absolute atomic E-state index is 10.8. The molecule has 0 rings (SSSR count). The molecule has 4 nitrogen and oxygen atoms in total. The van der Waals surface area contributed by atoms with Crippen molar-refractivity contribution >= 4 is 10.1 Å². The zero-order chi connectivity index (χ0) is 18.3. The summed E-state index contributed by atoms with van der Waals surface area (Å²) in [5.74, 6) is 0. The molecule has 0 saturated heterocycles.